The highest BCUT2D eigenvalue weighted by atomic mass is 35.5. The minimum atomic E-state index is -0.983. The molecule has 0 aliphatic carbocycles. The van der Waals surface area contributed by atoms with Gasteiger partial charge in [-0.05, 0) is 19.1 Å². The number of carbonyl (C=O) groups excluding carboxylic acids is 3. The number of hydrogen-bond donors (Lipinski definition) is 1. The highest BCUT2D eigenvalue weighted by Crippen LogP contribution is 2.34. The molecule has 0 saturated carbocycles. The van der Waals surface area contributed by atoms with Gasteiger partial charge in [0.05, 0.1) is 17.3 Å². The highest BCUT2D eigenvalue weighted by molar-refractivity contribution is 6.47. The van der Waals surface area contributed by atoms with E-state index in [0.29, 0.717) is 5.69 Å². The van der Waals surface area contributed by atoms with Crippen molar-refractivity contribution in [3.05, 3.63) is 29.3 Å². The normalized spacial score (nSPS) is 23.2. The number of hydrazone groups is 1. The fourth-order valence-electron chi connectivity index (χ4n) is 2.53. The average molecular weight is 322 g/mol. The second-order valence-corrected chi connectivity index (χ2v) is 5.17. The van der Waals surface area contributed by atoms with Crippen LogP contribution in [0.2, 0.25) is 5.02 Å². The molecule has 2 atom stereocenters. The van der Waals surface area contributed by atoms with E-state index in [1.165, 1.54) is 0 Å². The van der Waals surface area contributed by atoms with Crippen LogP contribution in [-0.4, -0.2) is 36.1 Å². The summed E-state index contributed by atoms with van der Waals surface area (Å²) in [6.45, 7) is 1.81. The van der Waals surface area contributed by atoms with Gasteiger partial charge in [-0.2, -0.15) is 5.10 Å². The molecule has 2 unspecified atom stereocenters. The van der Waals surface area contributed by atoms with Crippen LogP contribution in [0.1, 0.15) is 6.92 Å². The van der Waals surface area contributed by atoms with Crippen molar-refractivity contribution in [2.45, 2.75) is 13.0 Å². The summed E-state index contributed by atoms with van der Waals surface area (Å²) in [5, 5.41) is 4.06. The van der Waals surface area contributed by atoms with Gasteiger partial charge in [0.2, 0.25) is 5.91 Å². The number of ether oxygens (including phenoxy) is 1. The minimum Gasteiger partial charge on any atom is -0.461 e. The monoisotopic (exact) mass is 321 g/mol. The van der Waals surface area contributed by atoms with Crippen LogP contribution < -0.4 is 10.3 Å². The van der Waals surface area contributed by atoms with Crippen molar-refractivity contribution in [3.63, 3.8) is 0 Å². The van der Waals surface area contributed by atoms with E-state index < -0.39 is 29.7 Å². The third-order valence-corrected chi connectivity index (χ3v) is 3.82. The van der Waals surface area contributed by atoms with E-state index in [9.17, 15) is 14.4 Å². The number of esters is 1. The molecule has 2 aliphatic heterocycles. The fraction of sp³-hybridized carbons (Fsp3) is 0.286. The lowest BCUT2D eigenvalue weighted by molar-refractivity contribution is -0.136. The standard InChI is InChI=1S/C14H12ClN3O4/c1-2-22-14(21)11-9-10(16-17-11)13(20)18(12(9)19)8-6-4-3-5-7(8)15/h3-6,9-10,16H,2H2,1H3. The van der Waals surface area contributed by atoms with Gasteiger partial charge in [-0.3, -0.25) is 15.0 Å². The summed E-state index contributed by atoms with van der Waals surface area (Å²) in [5.41, 5.74) is 2.75. The highest BCUT2D eigenvalue weighted by Gasteiger charge is 2.56. The van der Waals surface area contributed by atoms with Gasteiger partial charge in [-0.1, -0.05) is 23.7 Å². The van der Waals surface area contributed by atoms with Crippen LogP contribution in [0.15, 0.2) is 29.4 Å². The molecule has 22 heavy (non-hydrogen) atoms. The molecular weight excluding hydrogens is 310 g/mol. The summed E-state index contributed by atoms with van der Waals surface area (Å²) in [6, 6.07) is 5.62. The SMILES string of the molecule is CCOC(=O)C1=NNC2C(=O)N(c3ccccc3Cl)C(=O)C12. The molecule has 0 spiro atoms. The molecule has 1 aromatic carbocycles. The number of hydrogen-bond acceptors (Lipinski definition) is 6. The molecule has 1 fully saturated rings. The Morgan fingerprint density at radius 3 is 2.77 bits per heavy atom. The van der Waals surface area contributed by atoms with Gasteiger partial charge in [-0.15, -0.1) is 0 Å². The molecule has 2 heterocycles. The van der Waals surface area contributed by atoms with Crippen LogP contribution >= 0.6 is 11.6 Å². The number of carbonyl (C=O) groups is 3. The topological polar surface area (TPSA) is 88.1 Å². The number of anilines is 1. The first-order chi connectivity index (χ1) is 10.6. The Labute approximate surface area is 130 Å². The van der Waals surface area contributed by atoms with Gasteiger partial charge in [0.1, 0.15) is 12.0 Å². The van der Waals surface area contributed by atoms with Crippen LogP contribution in [0.4, 0.5) is 5.69 Å². The zero-order valence-electron chi connectivity index (χ0n) is 11.6. The summed E-state index contributed by atoms with van der Waals surface area (Å²) < 4.78 is 4.86. The number of halogens is 1. The molecule has 114 valence electrons. The first kappa shape index (κ1) is 14.5. The zero-order valence-corrected chi connectivity index (χ0v) is 12.3. The molecular formula is C14H12ClN3O4. The van der Waals surface area contributed by atoms with Crippen molar-refractivity contribution in [2.75, 3.05) is 11.5 Å². The maximum Gasteiger partial charge on any atom is 0.355 e. The molecule has 2 aliphatic rings. The summed E-state index contributed by atoms with van der Waals surface area (Å²) >= 11 is 6.05. The van der Waals surface area contributed by atoms with Gasteiger partial charge in [-0.25, -0.2) is 9.69 Å². The van der Waals surface area contributed by atoms with E-state index in [4.69, 9.17) is 16.3 Å². The van der Waals surface area contributed by atoms with E-state index in [2.05, 4.69) is 10.5 Å². The summed E-state index contributed by atoms with van der Waals surface area (Å²) in [5.74, 6) is -2.72. The molecule has 1 N–H and O–H groups in total. The fourth-order valence-corrected chi connectivity index (χ4v) is 2.75. The Kier molecular flexibility index (Phi) is 3.58. The third-order valence-electron chi connectivity index (χ3n) is 3.50. The number of rotatable bonds is 3. The average Bonchev–Trinajstić information content (AvgIpc) is 3.02. The van der Waals surface area contributed by atoms with E-state index in [-0.39, 0.29) is 17.3 Å². The second kappa shape index (κ2) is 5.42. The lowest BCUT2D eigenvalue weighted by atomic mass is 9.99. The second-order valence-electron chi connectivity index (χ2n) is 4.77. The van der Waals surface area contributed by atoms with Gasteiger partial charge in [0.15, 0.2) is 5.71 Å². The summed E-state index contributed by atoms with van der Waals surface area (Å²) in [6.07, 6.45) is 0. The minimum absolute atomic E-state index is 0.0836. The van der Waals surface area contributed by atoms with Crippen LogP contribution in [0.3, 0.4) is 0 Å². The zero-order chi connectivity index (χ0) is 15.9. The molecule has 0 aromatic heterocycles. The lowest BCUT2D eigenvalue weighted by Crippen LogP contribution is -2.36. The first-order valence-electron chi connectivity index (χ1n) is 6.68. The van der Waals surface area contributed by atoms with E-state index in [1.54, 1.807) is 31.2 Å². The van der Waals surface area contributed by atoms with Gasteiger partial charge >= 0.3 is 5.97 Å². The van der Waals surface area contributed by atoms with Crippen molar-refractivity contribution >= 4 is 40.8 Å². The summed E-state index contributed by atoms with van der Waals surface area (Å²) in [7, 11) is 0. The number of nitrogens with zero attached hydrogens (tertiary/aromatic N) is 2. The Hall–Kier alpha value is -2.41. The predicted octanol–water partition coefficient (Wildman–Crippen LogP) is 0.720. The number of amides is 2. The Morgan fingerprint density at radius 2 is 2.09 bits per heavy atom. The smallest absolute Gasteiger partial charge is 0.355 e. The summed E-state index contributed by atoms with van der Waals surface area (Å²) in [4.78, 5) is 37.9. The molecule has 0 radical (unpaired) electrons. The Morgan fingerprint density at radius 1 is 1.36 bits per heavy atom. The molecule has 1 aromatic rings. The van der Waals surface area contributed by atoms with Crippen molar-refractivity contribution in [1.29, 1.82) is 0 Å². The molecule has 8 heteroatoms. The number of benzene rings is 1. The van der Waals surface area contributed by atoms with Gasteiger partial charge in [0, 0.05) is 0 Å². The molecule has 1 saturated heterocycles. The quantitative estimate of drug-likeness (QED) is 0.654. The maximum absolute atomic E-state index is 12.6. The first-order valence-corrected chi connectivity index (χ1v) is 7.06. The van der Waals surface area contributed by atoms with Gasteiger partial charge in [0.25, 0.3) is 5.91 Å². The lowest BCUT2D eigenvalue weighted by Gasteiger charge is -2.16. The Bertz CT molecular complexity index is 703. The Balaban J connectivity index is 1.95. The number of imide groups is 1. The van der Waals surface area contributed by atoms with E-state index >= 15 is 0 Å². The van der Waals surface area contributed by atoms with Crippen LogP contribution in [0, 0.1) is 5.92 Å². The van der Waals surface area contributed by atoms with Crippen molar-refractivity contribution in [1.82, 2.24) is 5.43 Å². The number of para-hydroxylation sites is 1. The van der Waals surface area contributed by atoms with Crippen LogP contribution in [0.25, 0.3) is 0 Å². The van der Waals surface area contributed by atoms with Crippen LogP contribution in [0.5, 0.6) is 0 Å². The molecule has 3 rings (SSSR count). The maximum atomic E-state index is 12.6. The predicted molar refractivity (Wildman–Crippen MR) is 78.4 cm³/mol. The van der Waals surface area contributed by atoms with Gasteiger partial charge < -0.3 is 4.74 Å². The largest absolute Gasteiger partial charge is 0.461 e. The van der Waals surface area contributed by atoms with Crippen molar-refractivity contribution in [2.24, 2.45) is 11.0 Å². The van der Waals surface area contributed by atoms with E-state index in [1.807, 2.05) is 0 Å². The van der Waals surface area contributed by atoms with Crippen molar-refractivity contribution in [3.8, 4) is 0 Å². The molecule has 7 nitrogen and oxygen atoms in total. The van der Waals surface area contributed by atoms with E-state index in [0.717, 1.165) is 4.90 Å². The van der Waals surface area contributed by atoms with Crippen molar-refractivity contribution < 1.29 is 19.1 Å². The number of fused-ring (bicyclic) bond motifs is 1. The molecule has 0 bridgehead atoms. The third kappa shape index (κ3) is 2.05. The number of nitrogens with one attached hydrogen (secondary N) is 1. The van der Waals surface area contributed by atoms with Crippen LogP contribution in [-0.2, 0) is 19.1 Å². The molecule has 2 amide bonds.